The Kier molecular flexibility index (Phi) is 4.24. The molecule has 0 amide bonds. The van der Waals surface area contributed by atoms with Crippen LogP contribution in [0.4, 0.5) is 0 Å². The molecule has 1 fully saturated rings. The average molecular weight is 424 g/mol. The summed E-state index contributed by atoms with van der Waals surface area (Å²) < 4.78 is 6.41. The zero-order valence-electron chi connectivity index (χ0n) is 15.7. The van der Waals surface area contributed by atoms with Crippen LogP contribution in [-0.4, -0.2) is 48.8 Å². The van der Waals surface area contributed by atoms with Gasteiger partial charge in [0, 0.05) is 11.3 Å². The van der Waals surface area contributed by atoms with Crippen LogP contribution in [0.3, 0.4) is 0 Å². The number of aromatic nitrogens is 5. The molecular weight excluding hydrogens is 408 g/mol. The lowest BCUT2D eigenvalue weighted by molar-refractivity contribution is 0.0606. The van der Waals surface area contributed by atoms with Crippen molar-refractivity contribution in [2.75, 3.05) is 7.11 Å². The van der Waals surface area contributed by atoms with E-state index >= 15 is 0 Å². The molecule has 0 saturated heterocycles. The molecule has 1 aliphatic carbocycles. The van der Waals surface area contributed by atoms with Gasteiger partial charge in [-0.25, -0.2) is 14.6 Å². The van der Waals surface area contributed by atoms with E-state index in [1.165, 1.54) is 18.4 Å². The largest absolute Gasteiger partial charge is 0.493 e. The molecule has 30 heavy (non-hydrogen) atoms. The first-order valence-electron chi connectivity index (χ1n) is 9.16. The number of hydrogen-bond donors (Lipinski definition) is 3. The Morgan fingerprint density at radius 2 is 2.23 bits per heavy atom. The van der Waals surface area contributed by atoms with Crippen LogP contribution in [0.15, 0.2) is 34.2 Å². The van der Waals surface area contributed by atoms with Gasteiger partial charge in [0.15, 0.2) is 11.1 Å². The summed E-state index contributed by atoms with van der Waals surface area (Å²) in [6.45, 7) is 0. The van der Waals surface area contributed by atoms with E-state index in [0.717, 1.165) is 17.7 Å². The number of imidazole rings is 1. The lowest BCUT2D eigenvalue weighted by Gasteiger charge is -2.00. The summed E-state index contributed by atoms with van der Waals surface area (Å²) in [6.07, 6.45) is 5.24. The van der Waals surface area contributed by atoms with Crippen LogP contribution in [0, 0.1) is 0 Å². The number of nitrogens with one attached hydrogen (secondary N) is 2. The lowest BCUT2D eigenvalue weighted by Crippen LogP contribution is -2.19. The molecule has 4 heterocycles. The van der Waals surface area contributed by atoms with Crippen molar-refractivity contribution in [3.05, 3.63) is 56.2 Å². The first-order valence-corrected chi connectivity index (χ1v) is 9.97. The number of rotatable bonds is 4. The maximum Gasteiger partial charge on any atom is 0.348 e. The van der Waals surface area contributed by atoms with Crippen molar-refractivity contribution >= 4 is 29.0 Å². The molecular formula is C19H16N6O4S. The van der Waals surface area contributed by atoms with E-state index in [2.05, 4.69) is 15.1 Å². The van der Waals surface area contributed by atoms with Crippen molar-refractivity contribution in [3.8, 4) is 16.5 Å². The standard InChI is InChI=1S/C19H16N6O4S/c1-29-18(27)14-5-4-13(30-14)11-7-15(21-10-2-3-10)25-16(22-11)9(8-20-25)6-12-17(26)24-19(28)23-12/h4-8,10,26H,2-3H2,1H3,(H2,23,24,28)/b9-6-,21-15?. The van der Waals surface area contributed by atoms with Gasteiger partial charge in [0.25, 0.3) is 0 Å². The minimum atomic E-state index is -0.512. The fourth-order valence-corrected chi connectivity index (χ4v) is 3.89. The van der Waals surface area contributed by atoms with Crippen LogP contribution in [0.25, 0.3) is 22.3 Å². The number of thiophene rings is 1. The van der Waals surface area contributed by atoms with E-state index in [1.54, 1.807) is 22.9 Å². The molecule has 0 spiro atoms. The van der Waals surface area contributed by atoms with Gasteiger partial charge in [-0.1, -0.05) is 0 Å². The van der Waals surface area contributed by atoms with Gasteiger partial charge in [0.2, 0.25) is 5.88 Å². The van der Waals surface area contributed by atoms with Gasteiger partial charge in [-0.15, -0.1) is 11.3 Å². The third-order valence-corrected chi connectivity index (χ3v) is 5.71. The molecule has 0 atom stereocenters. The minimum absolute atomic E-state index is 0.229. The summed E-state index contributed by atoms with van der Waals surface area (Å²) in [5.41, 5.74) is 1.52. The van der Waals surface area contributed by atoms with Gasteiger partial charge in [-0.2, -0.15) is 9.61 Å². The third kappa shape index (κ3) is 3.28. The van der Waals surface area contributed by atoms with Gasteiger partial charge in [0.1, 0.15) is 10.6 Å². The van der Waals surface area contributed by atoms with Crippen molar-refractivity contribution in [1.29, 1.82) is 0 Å². The molecule has 152 valence electrons. The Morgan fingerprint density at radius 3 is 2.93 bits per heavy atom. The van der Waals surface area contributed by atoms with E-state index in [-0.39, 0.29) is 17.6 Å². The molecule has 1 saturated carbocycles. The maximum absolute atomic E-state index is 11.8. The summed E-state index contributed by atoms with van der Waals surface area (Å²) in [7, 11) is 1.34. The molecule has 5 rings (SSSR count). The van der Waals surface area contributed by atoms with Crippen LogP contribution in [0.2, 0.25) is 0 Å². The molecule has 4 aromatic heterocycles. The second-order valence-electron chi connectivity index (χ2n) is 6.84. The van der Waals surface area contributed by atoms with E-state index in [9.17, 15) is 14.7 Å². The maximum atomic E-state index is 11.8. The number of carbonyl (C=O) groups excluding carboxylic acids is 1. The Balaban J connectivity index is 1.72. The zero-order chi connectivity index (χ0) is 20.8. The fourth-order valence-electron chi connectivity index (χ4n) is 3.01. The predicted octanol–water partition coefficient (Wildman–Crippen LogP) is 0.577. The van der Waals surface area contributed by atoms with Crippen molar-refractivity contribution in [3.63, 3.8) is 0 Å². The average Bonchev–Trinajstić information content (AvgIpc) is 3.12. The van der Waals surface area contributed by atoms with E-state index in [0.29, 0.717) is 26.9 Å². The quantitative estimate of drug-likeness (QED) is 0.410. The monoisotopic (exact) mass is 424 g/mol. The summed E-state index contributed by atoms with van der Waals surface area (Å²) in [4.78, 5) is 38.7. The minimum Gasteiger partial charge on any atom is -0.493 e. The Labute approximate surface area is 172 Å². The Bertz CT molecular complexity index is 1460. The van der Waals surface area contributed by atoms with Crippen LogP contribution in [-0.2, 0) is 4.74 Å². The van der Waals surface area contributed by atoms with E-state index in [4.69, 9.17) is 14.7 Å². The smallest absolute Gasteiger partial charge is 0.348 e. The molecule has 0 aliphatic heterocycles. The molecule has 11 heteroatoms. The summed E-state index contributed by atoms with van der Waals surface area (Å²) in [6, 6.07) is 5.61. The van der Waals surface area contributed by atoms with Crippen molar-refractivity contribution in [2.24, 2.45) is 4.99 Å². The molecule has 4 aromatic rings. The van der Waals surface area contributed by atoms with Crippen LogP contribution < -0.4 is 16.4 Å². The number of H-pyrrole nitrogens is 2. The first-order chi connectivity index (χ1) is 14.5. The number of esters is 1. The number of ether oxygens (including phenoxy) is 1. The van der Waals surface area contributed by atoms with Crippen molar-refractivity contribution in [2.45, 2.75) is 18.9 Å². The number of hydrogen-bond acceptors (Lipinski definition) is 8. The highest BCUT2D eigenvalue weighted by Crippen LogP contribution is 2.27. The second-order valence-corrected chi connectivity index (χ2v) is 7.92. The molecule has 3 N–H and O–H groups in total. The van der Waals surface area contributed by atoms with Gasteiger partial charge in [-0.3, -0.25) is 9.98 Å². The highest BCUT2D eigenvalue weighted by molar-refractivity contribution is 7.17. The van der Waals surface area contributed by atoms with Gasteiger partial charge < -0.3 is 14.8 Å². The summed E-state index contributed by atoms with van der Waals surface area (Å²) in [5.74, 6) is -0.667. The highest BCUT2D eigenvalue weighted by Gasteiger charge is 2.21. The van der Waals surface area contributed by atoms with Crippen molar-refractivity contribution < 1.29 is 14.6 Å². The normalized spacial score (nSPS) is 15.2. The molecule has 1 aliphatic rings. The number of fused-ring (bicyclic) bond motifs is 1. The van der Waals surface area contributed by atoms with E-state index in [1.807, 2.05) is 12.1 Å². The van der Waals surface area contributed by atoms with Gasteiger partial charge >= 0.3 is 11.7 Å². The fraction of sp³-hybridized carbons (Fsp3) is 0.211. The van der Waals surface area contributed by atoms with Crippen LogP contribution in [0.5, 0.6) is 5.88 Å². The first kappa shape index (κ1) is 18.3. The molecule has 0 unspecified atom stereocenters. The second kappa shape index (κ2) is 6.95. The Hall–Kier alpha value is -3.73. The SMILES string of the molecule is COC(=O)c1ccc(-c2cc(=NC3CC3)n3nc/c(=C/c4[nH]c(=O)[nH]c4O)c3n2)s1. The molecule has 0 bridgehead atoms. The number of aromatic amines is 2. The van der Waals surface area contributed by atoms with Gasteiger partial charge in [0.05, 0.1) is 29.9 Å². The topological polar surface area (TPSA) is 138 Å². The molecule has 0 aromatic carbocycles. The van der Waals surface area contributed by atoms with Crippen LogP contribution in [0.1, 0.15) is 28.2 Å². The zero-order valence-corrected chi connectivity index (χ0v) is 16.6. The summed E-state index contributed by atoms with van der Waals surface area (Å²) in [5, 5.41) is 14.9. The number of methoxy groups -OCH3 is 1. The van der Waals surface area contributed by atoms with Gasteiger partial charge in [-0.05, 0) is 31.1 Å². The molecule has 0 radical (unpaired) electrons. The highest BCUT2D eigenvalue weighted by atomic mass is 32.1. The third-order valence-electron chi connectivity index (χ3n) is 4.62. The number of nitrogens with zero attached hydrogens (tertiary/aromatic N) is 4. The number of carbonyl (C=O) groups is 1. The Morgan fingerprint density at radius 1 is 1.40 bits per heavy atom. The van der Waals surface area contributed by atoms with E-state index < -0.39 is 11.7 Å². The predicted molar refractivity (Wildman–Crippen MR) is 108 cm³/mol. The number of aromatic hydroxyl groups is 1. The van der Waals surface area contributed by atoms with Crippen LogP contribution >= 0.6 is 11.3 Å². The summed E-state index contributed by atoms with van der Waals surface area (Å²) >= 11 is 1.28. The van der Waals surface area contributed by atoms with Crippen molar-refractivity contribution in [1.82, 2.24) is 24.6 Å². The lowest BCUT2D eigenvalue weighted by atomic mass is 10.3. The molecule has 10 nitrogen and oxygen atoms in total.